The van der Waals surface area contributed by atoms with Crippen LogP contribution in [0.15, 0.2) is 11.2 Å². The second-order valence-corrected chi connectivity index (χ2v) is 6.14. The number of guanidine groups is 1. The van der Waals surface area contributed by atoms with Crippen molar-refractivity contribution in [2.75, 3.05) is 33.3 Å². The maximum absolute atomic E-state index is 11.6. The lowest BCUT2D eigenvalue weighted by Gasteiger charge is -2.33. The van der Waals surface area contributed by atoms with Crippen molar-refractivity contribution in [3.8, 4) is 0 Å². The second kappa shape index (κ2) is 9.30. The summed E-state index contributed by atoms with van der Waals surface area (Å²) in [6.45, 7) is 7.42. The average molecular weight is 335 g/mol. The molecule has 1 aliphatic heterocycles. The number of H-pyrrole nitrogens is 1. The Morgan fingerprint density at radius 1 is 1.50 bits per heavy atom. The molecule has 0 spiro atoms. The third-order valence-electron chi connectivity index (χ3n) is 4.46. The first-order valence-corrected chi connectivity index (χ1v) is 8.75. The van der Waals surface area contributed by atoms with Crippen molar-refractivity contribution in [3.05, 3.63) is 17.5 Å². The number of hydrogen-bond donors (Lipinski definition) is 2. The monoisotopic (exact) mass is 335 g/mol. The average Bonchev–Trinajstić information content (AvgIpc) is 3.02. The van der Waals surface area contributed by atoms with Gasteiger partial charge in [0.25, 0.3) is 0 Å². The minimum Gasteiger partial charge on any atom is -0.469 e. The summed E-state index contributed by atoms with van der Waals surface area (Å²) in [5, 5.41) is 10.4. The molecule has 134 valence electrons. The number of carbonyl (C=O) groups is 1. The van der Waals surface area contributed by atoms with Gasteiger partial charge in [0, 0.05) is 31.9 Å². The second-order valence-electron chi connectivity index (χ2n) is 6.14. The third-order valence-corrected chi connectivity index (χ3v) is 4.46. The van der Waals surface area contributed by atoms with Gasteiger partial charge in [0.05, 0.1) is 19.2 Å². The van der Waals surface area contributed by atoms with Crippen LogP contribution in [0.1, 0.15) is 37.4 Å². The molecule has 2 rings (SSSR count). The molecule has 1 fully saturated rings. The largest absolute Gasteiger partial charge is 0.469 e. The van der Waals surface area contributed by atoms with Crippen LogP contribution in [0.3, 0.4) is 0 Å². The van der Waals surface area contributed by atoms with Crippen molar-refractivity contribution >= 4 is 11.9 Å². The summed E-state index contributed by atoms with van der Waals surface area (Å²) in [6, 6.07) is 0. The number of piperidine rings is 1. The van der Waals surface area contributed by atoms with E-state index in [2.05, 4.69) is 27.3 Å². The lowest BCUT2D eigenvalue weighted by Crippen LogP contribution is -2.46. The van der Waals surface area contributed by atoms with Gasteiger partial charge in [-0.3, -0.25) is 14.9 Å². The molecule has 2 N–H and O–H groups in total. The first-order chi connectivity index (χ1) is 11.7. The van der Waals surface area contributed by atoms with Crippen LogP contribution in [-0.4, -0.2) is 60.3 Å². The first-order valence-electron chi connectivity index (χ1n) is 8.75. The molecule has 0 saturated carbocycles. The maximum atomic E-state index is 11.6. The van der Waals surface area contributed by atoms with Crippen LogP contribution in [0.5, 0.6) is 0 Å². The minimum absolute atomic E-state index is 0.0261. The summed E-state index contributed by atoms with van der Waals surface area (Å²) >= 11 is 0. The van der Waals surface area contributed by atoms with E-state index in [1.807, 2.05) is 13.1 Å². The van der Waals surface area contributed by atoms with E-state index in [1.54, 1.807) is 0 Å². The smallest absolute Gasteiger partial charge is 0.308 e. The number of ether oxygens (including phenoxy) is 1. The number of aryl methyl sites for hydroxylation is 2. The Hall–Kier alpha value is -2.05. The fraction of sp³-hybridized carbons (Fsp3) is 0.706. The van der Waals surface area contributed by atoms with E-state index in [4.69, 9.17) is 9.73 Å². The zero-order chi connectivity index (χ0) is 17.4. The number of esters is 1. The van der Waals surface area contributed by atoms with Gasteiger partial charge in [-0.2, -0.15) is 5.10 Å². The maximum Gasteiger partial charge on any atom is 0.308 e. The van der Waals surface area contributed by atoms with Crippen LogP contribution in [0, 0.1) is 12.8 Å². The highest BCUT2D eigenvalue weighted by Crippen LogP contribution is 2.18. The molecule has 0 aromatic carbocycles. The highest BCUT2D eigenvalue weighted by atomic mass is 16.5. The Morgan fingerprint density at radius 3 is 2.83 bits per heavy atom. The molecule has 7 heteroatoms. The van der Waals surface area contributed by atoms with Gasteiger partial charge in [-0.25, -0.2) is 0 Å². The minimum atomic E-state index is -0.0907. The molecule has 0 bridgehead atoms. The molecule has 1 aromatic rings. The predicted octanol–water partition coefficient (Wildman–Crippen LogP) is 1.50. The molecule has 24 heavy (non-hydrogen) atoms. The summed E-state index contributed by atoms with van der Waals surface area (Å²) in [5.74, 6) is 0.884. The molecule has 1 aromatic heterocycles. The fourth-order valence-corrected chi connectivity index (χ4v) is 3.00. The van der Waals surface area contributed by atoms with Gasteiger partial charge in [0.1, 0.15) is 0 Å². The number of methoxy groups -OCH3 is 1. The van der Waals surface area contributed by atoms with Crippen molar-refractivity contribution in [2.24, 2.45) is 10.9 Å². The third kappa shape index (κ3) is 4.97. The molecule has 1 saturated heterocycles. The molecular formula is C17H29N5O2. The van der Waals surface area contributed by atoms with Crippen molar-refractivity contribution in [2.45, 2.75) is 39.5 Å². The van der Waals surface area contributed by atoms with Crippen LogP contribution >= 0.6 is 0 Å². The van der Waals surface area contributed by atoms with Gasteiger partial charge in [0.2, 0.25) is 0 Å². The predicted molar refractivity (Wildman–Crippen MR) is 93.9 cm³/mol. The lowest BCUT2D eigenvalue weighted by atomic mass is 9.97. The number of carbonyl (C=O) groups excluding carboxylic acids is 1. The summed E-state index contributed by atoms with van der Waals surface area (Å²) in [4.78, 5) is 18.6. The van der Waals surface area contributed by atoms with Crippen LogP contribution in [-0.2, 0) is 16.0 Å². The Kier molecular flexibility index (Phi) is 7.08. The van der Waals surface area contributed by atoms with Gasteiger partial charge >= 0.3 is 5.97 Å². The highest BCUT2D eigenvalue weighted by molar-refractivity contribution is 5.80. The standard InChI is InChI=1S/C17H29N5O2/c1-4-18-17(19-9-5-6-15-12-20-21-13(15)2)22-10-7-14(8-11-22)16(23)24-3/h12,14H,4-11H2,1-3H3,(H,18,19)(H,20,21). The van der Waals surface area contributed by atoms with Crippen LogP contribution in [0.25, 0.3) is 0 Å². The number of rotatable bonds is 6. The van der Waals surface area contributed by atoms with Gasteiger partial charge in [-0.15, -0.1) is 0 Å². The van der Waals surface area contributed by atoms with E-state index in [1.165, 1.54) is 12.7 Å². The number of hydrogen-bond acceptors (Lipinski definition) is 4. The van der Waals surface area contributed by atoms with Crippen molar-refractivity contribution < 1.29 is 9.53 Å². The quantitative estimate of drug-likeness (QED) is 0.356. The first kappa shape index (κ1) is 18.3. The zero-order valence-corrected chi connectivity index (χ0v) is 15.0. The highest BCUT2D eigenvalue weighted by Gasteiger charge is 2.26. The van der Waals surface area contributed by atoms with E-state index in [-0.39, 0.29) is 11.9 Å². The Bertz CT molecular complexity index is 547. The summed E-state index contributed by atoms with van der Waals surface area (Å²) < 4.78 is 4.85. The van der Waals surface area contributed by atoms with Crippen molar-refractivity contribution in [3.63, 3.8) is 0 Å². The van der Waals surface area contributed by atoms with E-state index in [0.717, 1.165) is 63.5 Å². The lowest BCUT2D eigenvalue weighted by molar-refractivity contribution is -0.146. The van der Waals surface area contributed by atoms with Crippen LogP contribution in [0.2, 0.25) is 0 Å². The number of likely N-dealkylation sites (tertiary alicyclic amines) is 1. The van der Waals surface area contributed by atoms with Crippen LogP contribution < -0.4 is 5.32 Å². The molecule has 2 heterocycles. The van der Waals surface area contributed by atoms with Crippen LogP contribution in [0.4, 0.5) is 0 Å². The number of aromatic amines is 1. The van der Waals surface area contributed by atoms with Crippen molar-refractivity contribution in [1.82, 2.24) is 20.4 Å². The van der Waals surface area contributed by atoms with E-state index < -0.39 is 0 Å². The van der Waals surface area contributed by atoms with E-state index in [0.29, 0.717) is 0 Å². The Labute approximate surface area is 143 Å². The fourth-order valence-electron chi connectivity index (χ4n) is 3.00. The zero-order valence-electron chi connectivity index (χ0n) is 15.0. The van der Waals surface area contributed by atoms with Crippen molar-refractivity contribution in [1.29, 1.82) is 0 Å². The number of aliphatic imine (C=N–C) groups is 1. The summed E-state index contributed by atoms with van der Waals surface area (Å²) in [5.41, 5.74) is 2.39. The molecule has 0 amide bonds. The molecule has 0 atom stereocenters. The molecule has 0 radical (unpaired) electrons. The Balaban J connectivity index is 1.82. The molecular weight excluding hydrogens is 306 g/mol. The van der Waals surface area contributed by atoms with Gasteiger partial charge in [-0.1, -0.05) is 0 Å². The SMILES string of the molecule is CCNC(=NCCCc1cn[nH]c1C)N1CCC(C(=O)OC)CC1. The number of nitrogens with one attached hydrogen (secondary N) is 2. The Morgan fingerprint density at radius 2 is 2.25 bits per heavy atom. The molecule has 0 unspecified atom stereocenters. The van der Waals surface area contributed by atoms with E-state index in [9.17, 15) is 4.79 Å². The van der Waals surface area contributed by atoms with Gasteiger partial charge in [0.15, 0.2) is 5.96 Å². The van der Waals surface area contributed by atoms with E-state index >= 15 is 0 Å². The number of nitrogens with zero attached hydrogens (tertiary/aromatic N) is 3. The van der Waals surface area contributed by atoms with Gasteiger partial charge < -0.3 is 15.0 Å². The normalized spacial score (nSPS) is 16.3. The molecule has 0 aliphatic carbocycles. The molecule has 7 nitrogen and oxygen atoms in total. The molecule has 1 aliphatic rings. The van der Waals surface area contributed by atoms with Gasteiger partial charge in [-0.05, 0) is 45.1 Å². The summed E-state index contributed by atoms with van der Waals surface area (Å²) in [6.07, 6.45) is 5.52. The summed E-state index contributed by atoms with van der Waals surface area (Å²) in [7, 11) is 1.46. The topological polar surface area (TPSA) is 82.6 Å². The number of aromatic nitrogens is 2.